The molecule has 4 aromatic rings. The minimum Gasteiger partial charge on any atom is -0.355 e. The fourth-order valence-electron chi connectivity index (χ4n) is 3.25. The predicted octanol–water partition coefficient (Wildman–Crippen LogP) is 3.39. The van der Waals surface area contributed by atoms with Crippen molar-refractivity contribution in [1.29, 1.82) is 0 Å². The van der Waals surface area contributed by atoms with E-state index in [1.165, 1.54) is 16.5 Å². The van der Waals surface area contributed by atoms with Gasteiger partial charge in [-0.15, -0.1) is 0 Å². The highest BCUT2D eigenvalue weighted by atomic mass is 79.9. The second kappa shape index (κ2) is 7.98. The van der Waals surface area contributed by atoms with Crippen LogP contribution >= 0.6 is 15.9 Å². The van der Waals surface area contributed by atoms with Gasteiger partial charge in [-0.3, -0.25) is 14.2 Å². The third kappa shape index (κ3) is 3.84. The molecule has 4 rings (SSSR count). The summed E-state index contributed by atoms with van der Waals surface area (Å²) in [4.78, 5) is 32.4. The van der Waals surface area contributed by atoms with Crippen molar-refractivity contribution in [1.82, 2.24) is 19.9 Å². The summed E-state index contributed by atoms with van der Waals surface area (Å²) in [7, 11) is 0. The van der Waals surface area contributed by atoms with Crippen LogP contribution in [0.4, 0.5) is 0 Å². The highest BCUT2D eigenvalue weighted by Gasteiger charge is 2.12. The number of fused-ring (bicyclic) bond motifs is 3. The Bertz CT molecular complexity index is 1200. The van der Waals surface area contributed by atoms with Gasteiger partial charge in [-0.05, 0) is 36.6 Å². The first-order valence-electron chi connectivity index (χ1n) is 9.09. The molecule has 2 N–H and O–H groups in total. The van der Waals surface area contributed by atoms with E-state index in [-0.39, 0.29) is 18.0 Å². The Morgan fingerprint density at radius 3 is 2.82 bits per heavy atom. The zero-order chi connectivity index (χ0) is 19.5. The minimum absolute atomic E-state index is 0.0494. The Morgan fingerprint density at radius 2 is 2.00 bits per heavy atom. The number of nitrogens with zero attached hydrogens (tertiary/aromatic N) is 2. The van der Waals surface area contributed by atoms with Crippen molar-refractivity contribution in [2.24, 2.45) is 0 Å². The molecule has 0 bridgehead atoms. The maximum Gasteiger partial charge on any atom is 0.278 e. The molecular weight excluding hydrogens is 420 g/mol. The van der Waals surface area contributed by atoms with Gasteiger partial charge in [-0.2, -0.15) is 0 Å². The summed E-state index contributed by atoms with van der Waals surface area (Å²) in [6.07, 6.45) is 3.18. The first-order valence-corrected chi connectivity index (χ1v) is 9.88. The van der Waals surface area contributed by atoms with E-state index < -0.39 is 0 Å². The Morgan fingerprint density at radius 1 is 1.18 bits per heavy atom. The molecule has 28 heavy (non-hydrogen) atoms. The van der Waals surface area contributed by atoms with Gasteiger partial charge in [0.2, 0.25) is 5.91 Å². The Kier molecular flexibility index (Phi) is 5.25. The van der Waals surface area contributed by atoms with E-state index in [1.54, 1.807) is 0 Å². The van der Waals surface area contributed by atoms with Crippen LogP contribution in [0.25, 0.3) is 21.9 Å². The zero-order valence-corrected chi connectivity index (χ0v) is 16.7. The summed E-state index contributed by atoms with van der Waals surface area (Å²) in [5.74, 6) is -0.199. The number of amides is 1. The van der Waals surface area contributed by atoms with Gasteiger partial charge < -0.3 is 10.3 Å². The van der Waals surface area contributed by atoms with Crippen LogP contribution in [0, 0.1) is 0 Å². The molecule has 2 heterocycles. The molecule has 0 atom stereocenters. The van der Waals surface area contributed by atoms with Crippen molar-refractivity contribution in [3.63, 3.8) is 0 Å². The lowest BCUT2D eigenvalue weighted by Gasteiger charge is -2.07. The second-order valence-electron chi connectivity index (χ2n) is 6.66. The minimum atomic E-state index is -0.253. The zero-order valence-electron chi connectivity index (χ0n) is 15.1. The van der Waals surface area contributed by atoms with E-state index >= 15 is 0 Å². The second-order valence-corrected chi connectivity index (χ2v) is 7.57. The molecule has 1 amide bonds. The number of aryl methyl sites for hydroxylation is 1. The quantitative estimate of drug-likeness (QED) is 0.452. The van der Waals surface area contributed by atoms with Crippen molar-refractivity contribution in [2.75, 3.05) is 6.54 Å². The molecule has 142 valence electrons. The molecule has 0 saturated carbocycles. The van der Waals surface area contributed by atoms with Crippen molar-refractivity contribution < 1.29 is 4.79 Å². The molecular formula is C21H19BrN4O2. The average Bonchev–Trinajstić information content (AvgIpc) is 3.07. The molecule has 0 fully saturated rings. The van der Waals surface area contributed by atoms with Gasteiger partial charge in [-0.1, -0.05) is 46.3 Å². The first-order chi connectivity index (χ1) is 13.6. The number of carbonyl (C=O) groups is 1. The third-order valence-electron chi connectivity index (χ3n) is 4.66. The molecule has 0 radical (unpaired) electrons. The fourth-order valence-corrected chi connectivity index (χ4v) is 3.61. The first kappa shape index (κ1) is 18.4. The lowest BCUT2D eigenvalue weighted by molar-refractivity contribution is -0.121. The smallest absolute Gasteiger partial charge is 0.278 e. The number of aromatic amines is 1. The number of nitrogens with one attached hydrogen (secondary N) is 2. The maximum atomic E-state index is 12.7. The number of hydrogen-bond acceptors (Lipinski definition) is 3. The summed E-state index contributed by atoms with van der Waals surface area (Å²) < 4.78 is 2.25. The van der Waals surface area contributed by atoms with Gasteiger partial charge in [0.25, 0.3) is 5.56 Å². The van der Waals surface area contributed by atoms with Gasteiger partial charge in [-0.25, -0.2) is 4.98 Å². The normalized spacial score (nSPS) is 11.2. The summed E-state index contributed by atoms with van der Waals surface area (Å²) in [5.41, 5.74) is 2.85. The molecule has 0 saturated heterocycles. The monoisotopic (exact) mass is 438 g/mol. The van der Waals surface area contributed by atoms with E-state index in [4.69, 9.17) is 0 Å². The number of H-pyrrole nitrogens is 1. The van der Waals surface area contributed by atoms with Gasteiger partial charge in [0.1, 0.15) is 17.6 Å². The van der Waals surface area contributed by atoms with Gasteiger partial charge in [0.05, 0.1) is 6.33 Å². The maximum absolute atomic E-state index is 12.7. The molecule has 7 heteroatoms. The summed E-state index contributed by atoms with van der Waals surface area (Å²) in [6, 6.07) is 15.9. The van der Waals surface area contributed by atoms with Crippen molar-refractivity contribution in [3.8, 4) is 0 Å². The number of aromatic nitrogens is 3. The van der Waals surface area contributed by atoms with Gasteiger partial charge in [0, 0.05) is 21.9 Å². The predicted molar refractivity (Wildman–Crippen MR) is 113 cm³/mol. The van der Waals surface area contributed by atoms with E-state index in [0.29, 0.717) is 17.6 Å². The lowest BCUT2D eigenvalue weighted by atomic mass is 10.1. The van der Waals surface area contributed by atoms with Crippen LogP contribution in [-0.4, -0.2) is 27.0 Å². The van der Waals surface area contributed by atoms with E-state index in [0.717, 1.165) is 28.2 Å². The summed E-state index contributed by atoms with van der Waals surface area (Å²) >= 11 is 3.44. The van der Waals surface area contributed by atoms with Crippen LogP contribution in [0.1, 0.15) is 12.0 Å². The van der Waals surface area contributed by atoms with Gasteiger partial charge in [0.15, 0.2) is 0 Å². The molecule has 2 aromatic carbocycles. The number of benzene rings is 2. The van der Waals surface area contributed by atoms with Crippen molar-refractivity contribution in [2.45, 2.75) is 19.4 Å². The highest BCUT2D eigenvalue weighted by molar-refractivity contribution is 9.10. The Balaban J connectivity index is 1.42. The SMILES string of the molecule is O=C(Cn1cnc2c([nH]c3ccc(Br)cc32)c1=O)NCCCc1ccccc1. The molecule has 0 aliphatic carbocycles. The Labute approximate surface area is 169 Å². The van der Waals surface area contributed by atoms with E-state index in [9.17, 15) is 9.59 Å². The number of rotatable bonds is 6. The number of halogens is 1. The molecule has 6 nitrogen and oxygen atoms in total. The van der Waals surface area contributed by atoms with E-state index in [1.807, 2.05) is 36.4 Å². The van der Waals surface area contributed by atoms with Crippen LogP contribution in [0.5, 0.6) is 0 Å². The lowest BCUT2D eigenvalue weighted by Crippen LogP contribution is -2.33. The van der Waals surface area contributed by atoms with Crippen molar-refractivity contribution in [3.05, 3.63) is 75.2 Å². The Hall–Kier alpha value is -2.93. The van der Waals surface area contributed by atoms with Crippen LogP contribution in [-0.2, 0) is 17.8 Å². The van der Waals surface area contributed by atoms with Crippen LogP contribution in [0.2, 0.25) is 0 Å². The molecule has 0 aliphatic rings. The molecule has 0 spiro atoms. The summed E-state index contributed by atoms with van der Waals surface area (Å²) in [5, 5.41) is 3.74. The largest absolute Gasteiger partial charge is 0.355 e. The number of hydrogen-bond donors (Lipinski definition) is 2. The van der Waals surface area contributed by atoms with E-state index in [2.05, 4.69) is 43.3 Å². The standard InChI is InChI=1S/C21H19BrN4O2/c22-15-8-9-17-16(11-15)19-20(25-17)21(28)26(13-24-19)12-18(27)23-10-4-7-14-5-2-1-3-6-14/h1-3,5-6,8-9,11,13,25H,4,7,10,12H2,(H,23,27). The molecule has 2 aromatic heterocycles. The third-order valence-corrected chi connectivity index (χ3v) is 5.15. The highest BCUT2D eigenvalue weighted by Crippen LogP contribution is 2.24. The summed E-state index contributed by atoms with van der Waals surface area (Å²) in [6.45, 7) is 0.519. The molecule has 0 unspecified atom stereocenters. The topological polar surface area (TPSA) is 79.8 Å². The van der Waals surface area contributed by atoms with Crippen LogP contribution in [0.3, 0.4) is 0 Å². The van der Waals surface area contributed by atoms with Crippen molar-refractivity contribution >= 4 is 43.8 Å². The fraction of sp³-hybridized carbons (Fsp3) is 0.190. The molecule has 0 aliphatic heterocycles. The van der Waals surface area contributed by atoms with Crippen LogP contribution in [0.15, 0.2) is 64.1 Å². The van der Waals surface area contributed by atoms with Gasteiger partial charge >= 0.3 is 0 Å². The number of carbonyl (C=O) groups excluding carboxylic acids is 1. The average molecular weight is 439 g/mol. The van der Waals surface area contributed by atoms with Crippen LogP contribution < -0.4 is 10.9 Å².